The van der Waals surface area contributed by atoms with Crippen molar-refractivity contribution in [3.8, 4) is 17.9 Å². The number of hydrogen-bond acceptors (Lipinski definition) is 7. The first-order valence-corrected chi connectivity index (χ1v) is 11.6. The third-order valence-corrected chi connectivity index (χ3v) is 6.58. The Morgan fingerprint density at radius 2 is 2.21 bits per heavy atom. The summed E-state index contributed by atoms with van der Waals surface area (Å²) >= 11 is 0. The van der Waals surface area contributed by atoms with Gasteiger partial charge in [0.1, 0.15) is 0 Å². The average molecular weight is 445 g/mol. The minimum absolute atomic E-state index is 0.0868. The molecule has 1 fully saturated rings. The molecule has 1 saturated heterocycles. The lowest BCUT2D eigenvalue weighted by Crippen LogP contribution is -2.51. The number of allylic oxidation sites excluding steroid dienone is 2. The molecular weight excluding hydrogens is 416 g/mol. The SMILES string of the molecule is CC#CCn1c(N2CCC[C@@H](N)C2)nc2c1C(=O)N(CC1=C(C#N)CCC=C1)C1=NCCN12. The summed E-state index contributed by atoms with van der Waals surface area (Å²) in [5.41, 5.74) is 8.39. The van der Waals surface area contributed by atoms with E-state index in [0.29, 0.717) is 56.6 Å². The number of aromatic nitrogens is 2. The molecule has 5 rings (SSSR count). The first-order chi connectivity index (χ1) is 16.1. The summed E-state index contributed by atoms with van der Waals surface area (Å²) in [5.74, 6) is 7.92. The minimum Gasteiger partial charge on any atom is -0.341 e. The van der Waals surface area contributed by atoms with E-state index in [2.05, 4.69) is 33.9 Å². The number of anilines is 2. The van der Waals surface area contributed by atoms with Gasteiger partial charge in [-0.05, 0) is 38.2 Å². The van der Waals surface area contributed by atoms with Crippen LogP contribution in [-0.4, -0.2) is 65.1 Å². The Morgan fingerprint density at radius 1 is 1.33 bits per heavy atom. The van der Waals surface area contributed by atoms with Crippen LogP contribution in [0.15, 0.2) is 28.3 Å². The van der Waals surface area contributed by atoms with Gasteiger partial charge >= 0.3 is 0 Å². The summed E-state index contributed by atoms with van der Waals surface area (Å²) < 4.78 is 1.94. The number of hydrogen-bond donors (Lipinski definition) is 1. The Kier molecular flexibility index (Phi) is 5.65. The van der Waals surface area contributed by atoms with Gasteiger partial charge in [0, 0.05) is 31.2 Å². The van der Waals surface area contributed by atoms with E-state index in [9.17, 15) is 10.1 Å². The third kappa shape index (κ3) is 3.69. The Hall–Kier alpha value is -3.56. The van der Waals surface area contributed by atoms with Crippen LogP contribution >= 0.6 is 0 Å². The summed E-state index contributed by atoms with van der Waals surface area (Å²) in [4.78, 5) is 29.4. The van der Waals surface area contributed by atoms with Gasteiger partial charge in [-0.1, -0.05) is 18.1 Å². The number of piperidine rings is 1. The Bertz CT molecular complexity index is 1170. The second-order valence-corrected chi connectivity index (χ2v) is 8.73. The van der Waals surface area contributed by atoms with Crippen molar-refractivity contribution in [1.29, 1.82) is 5.26 Å². The molecule has 0 aromatic carbocycles. The Balaban J connectivity index is 1.59. The molecule has 1 aromatic heterocycles. The van der Waals surface area contributed by atoms with Gasteiger partial charge in [-0.25, -0.2) is 0 Å². The molecule has 0 bridgehead atoms. The van der Waals surface area contributed by atoms with Crippen LogP contribution in [0.1, 0.15) is 43.1 Å². The second kappa shape index (κ2) is 8.76. The van der Waals surface area contributed by atoms with Crippen LogP contribution < -0.4 is 15.5 Å². The number of nitriles is 1. The number of imidazole rings is 1. The summed E-state index contributed by atoms with van der Waals surface area (Å²) in [7, 11) is 0. The fourth-order valence-electron chi connectivity index (χ4n) is 4.96. The summed E-state index contributed by atoms with van der Waals surface area (Å²) in [6.07, 6.45) is 7.56. The third-order valence-electron chi connectivity index (χ3n) is 6.58. The van der Waals surface area contributed by atoms with Crippen molar-refractivity contribution in [2.75, 3.05) is 42.5 Å². The number of nitrogens with two attached hydrogens (primary N) is 1. The molecule has 4 aliphatic rings. The van der Waals surface area contributed by atoms with Gasteiger partial charge in [0.2, 0.25) is 11.9 Å². The standard InChI is InChI=1S/C24H28N8O/c1-2-3-12-30-20-21(28-24(30)29-11-6-9-19(26)16-29)31-13-10-27-23(31)32(22(20)33)15-18-8-5-4-7-17(18)14-25/h5,8,19H,4,6-7,9-13,15-16,26H2,1H3/t19-/m1/s1. The van der Waals surface area contributed by atoms with Crippen LogP contribution in [0.2, 0.25) is 0 Å². The zero-order valence-electron chi connectivity index (χ0n) is 18.9. The Morgan fingerprint density at radius 3 is 3.00 bits per heavy atom. The van der Waals surface area contributed by atoms with Crippen molar-refractivity contribution in [1.82, 2.24) is 14.5 Å². The maximum atomic E-state index is 13.9. The highest BCUT2D eigenvalue weighted by Gasteiger charge is 2.43. The number of carbonyl (C=O) groups is 1. The highest BCUT2D eigenvalue weighted by Crippen LogP contribution is 2.35. The van der Waals surface area contributed by atoms with Crippen molar-refractivity contribution in [2.24, 2.45) is 10.7 Å². The van der Waals surface area contributed by atoms with Crippen molar-refractivity contribution in [3.05, 3.63) is 29.0 Å². The van der Waals surface area contributed by atoms with E-state index in [-0.39, 0.29) is 11.9 Å². The van der Waals surface area contributed by atoms with Crippen LogP contribution in [0.4, 0.5) is 11.8 Å². The van der Waals surface area contributed by atoms with E-state index < -0.39 is 0 Å². The highest BCUT2D eigenvalue weighted by atomic mass is 16.2. The summed E-state index contributed by atoms with van der Waals surface area (Å²) in [6.45, 7) is 5.33. The maximum Gasteiger partial charge on any atom is 0.281 e. The topological polar surface area (TPSA) is 107 Å². The van der Waals surface area contributed by atoms with Crippen LogP contribution in [0.5, 0.6) is 0 Å². The lowest BCUT2D eigenvalue weighted by molar-refractivity contribution is 0.0840. The van der Waals surface area contributed by atoms with Crippen molar-refractivity contribution in [2.45, 2.75) is 45.2 Å². The van der Waals surface area contributed by atoms with Crippen LogP contribution in [0, 0.1) is 23.2 Å². The number of fused-ring (bicyclic) bond motifs is 3. The van der Waals surface area contributed by atoms with Gasteiger partial charge < -0.3 is 10.6 Å². The molecule has 3 aliphatic heterocycles. The zero-order valence-corrected chi connectivity index (χ0v) is 18.9. The lowest BCUT2D eigenvalue weighted by Gasteiger charge is -2.34. The van der Waals surface area contributed by atoms with E-state index in [0.717, 1.165) is 42.9 Å². The van der Waals surface area contributed by atoms with Crippen molar-refractivity contribution >= 4 is 23.6 Å². The molecule has 0 spiro atoms. The highest BCUT2D eigenvalue weighted by molar-refractivity contribution is 6.18. The zero-order chi connectivity index (χ0) is 22.9. The predicted octanol–water partition coefficient (Wildman–Crippen LogP) is 1.64. The smallest absolute Gasteiger partial charge is 0.281 e. The van der Waals surface area contributed by atoms with E-state index in [1.165, 1.54) is 0 Å². The molecule has 4 heterocycles. The van der Waals surface area contributed by atoms with Crippen LogP contribution in [0.3, 0.4) is 0 Å². The molecule has 0 unspecified atom stereocenters. The fourth-order valence-corrected chi connectivity index (χ4v) is 4.96. The molecular formula is C24H28N8O. The predicted molar refractivity (Wildman–Crippen MR) is 127 cm³/mol. The molecule has 1 atom stereocenters. The number of guanidine groups is 1. The summed E-state index contributed by atoms with van der Waals surface area (Å²) in [5, 5.41) is 9.58. The molecule has 2 N–H and O–H groups in total. The normalized spacial score (nSPS) is 22.0. The molecule has 1 aliphatic carbocycles. The molecule has 9 heteroatoms. The van der Waals surface area contributed by atoms with Gasteiger partial charge in [-0.15, -0.1) is 5.92 Å². The fraction of sp³-hybridized carbons (Fsp3) is 0.500. The van der Waals surface area contributed by atoms with Crippen LogP contribution in [0.25, 0.3) is 0 Å². The van der Waals surface area contributed by atoms with Gasteiger partial charge in [-0.3, -0.25) is 24.2 Å². The minimum atomic E-state index is -0.149. The van der Waals surface area contributed by atoms with Crippen LogP contribution in [-0.2, 0) is 6.54 Å². The molecule has 1 aromatic rings. The van der Waals surface area contributed by atoms with E-state index in [1.807, 2.05) is 15.5 Å². The van der Waals surface area contributed by atoms with Gasteiger partial charge in [0.25, 0.3) is 5.91 Å². The first-order valence-electron chi connectivity index (χ1n) is 11.6. The number of rotatable bonds is 4. The summed E-state index contributed by atoms with van der Waals surface area (Å²) in [6, 6.07) is 2.40. The lowest BCUT2D eigenvalue weighted by atomic mass is 9.98. The number of aliphatic imine (C=N–C) groups is 1. The van der Waals surface area contributed by atoms with Gasteiger partial charge in [0.15, 0.2) is 11.5 Å². The number of carbonyl (C=O) groups excluding carboxylic acids is 1. The molecule has 0 saturated carbocycles. The molecule has 0 radical (unpaired) electrons. The monoisotopic (exact) mass is 444 g/mol. The first kappa shape index (κ1) is 21.3. The van der Waals surface area contributed by atoms with Gasteiger partial charge in [-0.2, -0.15) is 10.2 Å². The Labute approximate surface area is 193 Å². The van der Waals surface area contributed by atoms with Gasteiger partial charge in [0.05, 0.1) is 25.7 Å². The largest absolute Gasteiger partial charge is 0.341 e. The molecule has 9 nitrogen and oxygen atoms in total. The molecule has 33 heavy (non-hydrogen) atoms. The number of nitrogens with zero attached hydrogens (tertiary/aromatic N) is 7. The van der Waals surface area contributed by atoms with E-state index in [4.69, 9.17) is 10.7 Å². The quantitative estimate of drug-likeness (QED) is 0.708. The maximum absolute atomic E-state index is 13.9. The second-order valence-electron chi connectivity index (χ2n) is 8.73. The average Bonchev–Trinajstić information content (AvgIpc) is 3.46. The van der Waals surface area contributed by atoms with E-state index >= 15 is 0 Å². The van der Waals surface area contributed by atoms with Crippen molar-refractivity contribution in [3.63, 3.8) is 0 Å². The number of amides is 1. The molecule has 1 amide bonds. The van der Waals surface area contributed by atoms with Crippen molar-refractivity contribution < 1.29 is 4.79 Å². The molecule has 170 valence electrons. The van der Waals surface area contributed by atoms with E-state index in [1.54, 1.807) is 11.8 Å².